The molecule has 0 aromatic carbocycles. The normalized spacial score (nSPS) is 12.6. The van der Waals surface area contributed by atoms with Gasteiger partial charge in [-0.3, -0.25) is 14.4 Å². The molecule has 0 saturated heterocycles. The topological polar surface area (TPSA) is 78.9 Å². The Hall–Kier alpha value is -1.59. The van der Waals surface area contributed by atoms with E-state index < -0.39 is 6.10 Å². The van der Waals surface area contributed by atoms with E-state index in [4.69, 9.17) is 14.2 Å². The monoisotopic (exact) mass is 835 g/mol. The van der Waals surface area contributed by atoms with Crippen molar-refractivity contribution in [1.29, 1.82) is 0 Å². The summed E-state index contributed by atoms with van der Waals surface area (Å²) in [5.41, 5.74) is 0. The average Bonchev–Trinajstić information content (AvgIpc) is 3.20. The molecule has 0 heterocycles. The summed E-state index contributed by atoms with van der Waals surface area (Å²) < 4.78 is 16.8. The minimum absolute atomic E-state index is 0.0653. The van der Waals surface area contributed by atoms with Gasteiger partial charge in [0, 0.05) is 19.3 Å². The van der Waals surface area contributed by atoms with Gasteiger partial charge in [-0.15, -0.1) is 0 Å². The third-order valence-corrected chi connectivity index (χ3v) is 12.3. The Bertz CT molecular complexity index is 916. The van der Waals surface area contributed by atoms with Crippen LogP contribution < -0.4 is 0 Å². The summed E-state index contributed by atoms with van der Waals surface area (Å²) in [5.74, 6) is 1.64. The maximum Gasteiger partial charge on any atom is 0.306 e. The second kappa shape index (κ2) is 44.5. The fourth-order valence-corrected chi connectivity index (χ4v) is 7.91. The first-order valence-corrected chi connectivity index (χ1v) is 26.1. The molecule has 0 aromatic rings. The number of carbonyl (C=O) groups excluding carboxylic acids is 3. The van der Waals surface area contributed by atoms with Gasteiger partial charge in [0.2, 0.25) is 0 Å². The number of carbonyl (C=O) groups is 3. The van der Waals surface area contributed by atoms with Crippen LogP contribution in [0.15, 0.2) is 0 Å². The van der Waals surface area contributed by atoms with E-state index in [1.807, 2.05) is 0 Å². The van der Waals surface area contributed by atoms with Crippen LogP contribution in [-0.2, 0) is 28.6 Å². The third-order valence-electron chi connectivity index (χ3n) is 12.3. The Kier molecular flexibility index (Phi) is 43.3. The van der Waals surface area contributed by atoms with Crippen LogP contribution in [0.3, 0.4) is 0 Å². The first-order chi connectivity index (χ1) is 28.6. The molecule has 0 aliphatic rings. The minimum atomic E-state index is -0.763. The molecule has 0 fully saturated rings. The fourth-order valence-electron chi connectivity index (χ4n) is 7.91. The molecule has 0 spiro atoms. The molecule has 59 heavy (non-hydrogen) atoms. The standard InChI is InChI=1S/C53H102O6/c1-7-49(6)41-35-29-23-17-14-15-19-25-31-37-43-52(55)58-46-50(59-53(56)44-38-32-26-20-22-28-34-40-48(4)5)45-57-51(54)42-36-30-24-18-13-11-9-8-10-12-16-21-27-33-39-47(2)3/h47-50H,7-46H2,1-6H3/t49?,50-/m1/s1. The van der Waals surface area contributed by atoms with E-state index in [1.54, 1.807) is 0 Å². The maximum atomic E-state index is 12.7. The van der Waals surface area contributed by atoms with Crippen molar-refractivity contribution in [2.45, 2.75) is 292 Å². The van der Waals surface area contributed by atoms with Gasteiger partial charge in [-0.05, 0) is 37.0 Å². The summed E-state index contributed by atoms with van der Waals surface area (Å²) >= 11 is 0. The van der Waals surface area contributed by atoms with Crippen molar-refractivity contribution in [2.24, 2.45) is 17.8 Å². The van der Waals surface area contributed by atoms with Gasteiger partial charge in [0.15, 0.2) is 6.10 Å². The third kappa shape index (κ3) is 45.8. The Morgan fingerprint density at radius 1 is 0.339 bits per heavy atom. The predicted molar refractivity (Wildman–Crippen MR) is 252 cm³/mol. The lowest BCUT2D eigenvalue weighted by Crippen LogP contribution is -2.30. The van der Waals surface area contributed by atoms with Gasteiger partial charge in [0.25, 0.3) is 0 Å². The highest BCUT2D eigenvalue weighted by atomic mass is 16.6. The number of hydrogen-bond acceptors (Lipinski definition) is 6. The van der Waals surface area contributed by atoms with Crippen LogP contribution in [0.4, 0.5) is 0 Å². The summed E-state index contributed by atoms with van der Waals surface area (Å²) in [6.45, 7) is 13.7. The molecular formula is C53H102O6. The molecule has 6 heteroatoms. The summed E-state index contributed by atoms with van der Waals surface area (Å²) in [6, 6.07) is 0. The van der Waals surface area contributed by atoms with E-state index in [1.165, 1.54) is 167 Å². The quantitative estimate of drug-likeness (QED) is 0.0345. The molecule has 1 unspecified atom stereocenters. The largest absolute Gasteiger partial charge is 0.462 e. The van der Waals surface area contributed by atoms with E-state index in [2.05, 4.69) is 41.5 Å². The Morgan fingerprint density at radius 3 is 0.881 bits per heavy atom. The van der Waals surface area contributed by atoms with Crippen molar-refractivity contribution >= 4 is 17.9 Å². The highest BCUT2D eigenvalue weighted by molar-refractivity contribution is 5.71. The van der Waals surface area contributed by atoms with Crippen LogP contribution in [-0.4, -0.2) is 37.2 Å². The zero-order chi connectivity index (χ0) is 43.4. The summed E-state index contributed by atoms with van der Waals surface area (Å²) in [4.78, 5) is 37.9. The highest BCUT2D eigenvalue weighted by Gasteiger charge is 2.19. The van der Waals surface area contributed by atoms with Crippen LogP contribution in [0, 0.1) is 17.8 Å². The van der Waals surface area contributed by atoms with E-state index in [9.17, 15) is 14.4 Å². The van der Waals surface area contributed by atoms with Gasteiger partial charge in [-0.25, -0.2) is 0 Å². The Balaban J connectivity index is 4.27. The van der Waals surface area contributed by atoms with Gasteiger partial charge >= 0.3 is 17.9 Å². The summed E-state index contributed by atoms with van der Waals surface area (Å²) in [6.07, 6.45) is 43.8. The zero-order valence-corrected chi connectivity index (χ0v) is 40.5. The molecule has 0 N–H and O–H groups in total. The fraction of sp³-hybridized carbons (Fsp3) is 0.943. The van der Waals surface area contributed by atoms with Crippen LogP contribution >= 0.6 is 0 Å². The summed E-state index contributed by atoms with van der Waals surface area (Å²) in [5, 5.41) is 0. The van der Waals surface area contributed by atoms with Crippen molar-refractivity contribution in [3.63, 3.8) is 0 Å². The van der Waals surface area contributed by atoms with Gasteiger partial charge in [0.1, 0.15) is 13.2 Å². The van der Waals surface area contributed by atoms with Crippen molar-refractivity contribution in [3.05, 3.63) is 0 Å². The van der Waals surface area contributed by atoms with Crippen LogP contribution in [0.2, 0.25) is 0 Å². The molecule has 0 aromatic heterocycles. The van der Waals surface area contributed by atoms with E-state index in [0.717, 1.165) is 75.5 Å². The SMILES string of the molecule is CCC(C)CCCCCCCCCCCCC(=O)OC[C@@H](COC(=O)CCCCCCCCCCCCCCCCC(C)C)OC(=O)CCCCCCCCCC(C)C. The van der Waals surface area contributed by atoms with Crippen molar-refractivity contribution < 1.29 is 28.6 Å². The van der Waals surface area contributed by atoms with Gasteiger partial charge in [-0.1, -0.05) is 247 Å². The van der Waals surface area contributed by atoms with Crippen molar-refractivity contribution in [1.82, 2.24) is 0 Å². The van der Waals surface area contributed by atoms with Crippen molar-refractivity contribution in [2.75, 3.05) is 13.2 Å². The van der Waals surface area contributed by atoms with Crippen LogP contribution in [0.1, 0.15) is 286 Å². The maximum absolute atomic E-state index is 12.7. The summed E-state index contributed by atoms with van der Waals surface area (Å²) in [7, 11) is 0. The predicted octanol–water partition coefficient (Wildman–Crippen LogP) is 16.8. The molecule has 6 nitrogen and oxygen atoms in total. The van der Waals surface area contributed by atoms with E-state index in [0.29, 0.717) is 19.3 Å². The molecule has 0 aliphatic carbocycles. The average molecular weight is 835 g/mol. The molecule has 0 amide bonds. The molecule has 0 rings (SSSR count). The van der Waals surface area contributed by atoms with Gasteiger partial charge in [0.05, 0.1) is 0 Å². The number of ether oxygens (including phenoxy) is 3. The number of unbranched alkanes of at least 4 members (excludes halogenated alkanes) is 28. The molecule has 0 aliphatic heterocycles. The highest BCUT2D eigenvalue weighted by Crippen LogP contribution is 2.18. The van der Waals surface area contributed by atoms with E-state index >= 15 is 0 Å². The van der Waals surface area contributed by atoms with Gasteiger partial charge in [-0.2, -0.15) is 0 Å². The van der Waals surface area contributed by atoms with Crippen LogP contribution in [0.5, 0.6) is 0 Å². The Morgan fingerprint density at radius 2 is 0.593 bits per heavy atom. The molecule has 0 radical (unpaired) electrons. The zero-order valence-electron chi connectivity index (χ0n) is 40.5. The second-order valence-corrected chi connectivity index (χ2v) is 19.4. The molecular weight excluding hydrogens is 733 g/mol. The molecule has 2 atom stereocenters. The lowest BCUT2D eigenvalue weighted by molar-refractivity contribution is -0.167. The lowest BCUT2D eigenvalue weighted by Gasteiger charge is -2.18. The molecule has 0 saturated carbocycles. The minimum Gasteiger partial charge on any atom is -0.462 e. The number of esters is 3. The van der Waals surface area contributed by atoms with Crippen LogP contribution in [0.25, 0.3) is 0 Å². The van der Waals surface area contributed by atoms with Gasteiger partial charge < -0.3 is 14.2 Å². The Labute approximate surface area is 368 Å². The smallest absolute Gasteiger partial charge is 0.306 e. The van der Waals surface area contributed by atoms with Crippen molar-refractivity contribution in [3.8, 4) is 0 Å². The lowest BCUT2D eigenvalue weighted by atomic mass is 9.99. The second-order valence-electron chi connectivity index (χ2n) is 19.4. The number of rotatable bonds is 46. The van der Waals surface area contributed by atoms with E-state index in [-0.39, 0.29) is 31.1 Å². The number of hydrogen-bond donors (Lipinski definition) is 0. The first kappa shape index (κ1) is 57.4. The molecule has 0 bridgehead atoms. The first-order valence-electron chi connectivity index (χ1n) is 26.1. The molecule has 350 valence electrons.